The molecule has 2 heterocycles. The highest BCUT2D eigenvalue weighted by atomic mass is 19.4. The van der Waals surface area contributed by atoms with Gasteiger partial charge in [-0.3, -0.25) is 4.98 Å². The number of alkyl halides is 3. The van der Waals surface area contributed by atoms with Crippen molar-refractivity contribution >= 4 is 11.7 Å². The molecule has 2 aromatic carbocycles. The monoisotopic (exact) mass is 459 g/mol. The lowest BCUT2D eigenvalue weighted by Gasteiger charge is -2.16. The fourth-order valence-electron chi connectivity index (χ4n) is 4.17. The number of nitrogens with zero attached hydrogens (tertiary/aromatic N) is 1. The molecule has 1 saturated carbocycles. The molecule has 3 atom stereocenters. The van der Waals surface area contributed by atoms with Crippen LogP contribution < -0.4 is 20.1 Å². The van der Waals surface area contributed by atoms with Crippen LogP contribution in [-0.4, -0.2) is 22.7 Å². The molecule has 1 aliphatic heterocycles. The van der Waals surface area contributed by atoms with Gasteiger partial charge in [-0.05, 0) is 55.5 Å². The highest BCUT2D eigenvalue weighted by molar-refractivity contribution is 5.90. The number of carbonyl (C=O) groups is 1. The van der Waals surface area contributed by atoms with Crippen LogP contribution in [0.15, 0.2) is 60.9 Å². The second-order valence-electron chi connectivity index (χ2n) is 8.02. The van der Waals surface area contributed by atoms with Crippen molar-refractivity contribution in [2.24, 2.45) is 0 Å². The van der Waals surface area contributed by atoms with Crippen LogP contribution in [0.3, 0.4) is 0 Å². The van der Waals surface area contributed by atoms with Gasteiger partial charge in [0.05, 0.1) is 17.5 Å². The van der Waals surface area contributed by atoms with Crippen molar-refractivity contribution in [2.75, 3.05) is 5.32 Å². The van der Waals surface area contributed by atoms with Gasteiger partial charge in [0.25, 0.3) is 0 Å². The van der Waals surface area contributed by atoms with Gasteiger partial charge in [0, 0.05) is 23.6 Å². The molecule has 6 nitrogen and oxygen atoms in total. The second-order valence-corrected chi connectivity index (χ2v) is 8.02. The molecule has 0 radical (unpaired) electrons. The first-order chi connectivity index (χ1) is 15.6. The van der Waals surface area contributed by atoms with Gasteiger partial charge < -0.3 is 20.1 Å². The Morgan fingerprint density at radius 1 is 1.09 bits per heavy atom. The van der Waals surface area contributed by atoms with E-state index in [1.165, 1.54) is 0 Å². The fourth-order valence-corrected chi connectivity index (χ4v) is 4.17. The molecule has 3 aromatic rings. The molecule has 1 fully saturated rings. The van der Waals surface area contributed by atoms with Crippen LogP contribution in [0.4, 0.5) is 28.0 Å². The van der Waals surface area contributed by atoms with E-state index in [9.17, 15) is 22.4 Å². The number of pyridine rings is 1. The Kier molecular flexibility index (Phi) is 4.70. The zero-order valence-corrected chi connectivity index (χ0v) is 17.1. The van der Waals surface area contributed by atoms with Crippen LogP contribution >= 0.6 is 0 Å². The van der Waals surface area contributed by atoms with E-state index in [4.69, 9.17) is 9.47 Å². The maximum atomic E-state index is 13.5. The molecule has 2 amide bonds. The zero-order chi connectivity index (χ0) is 23.4. The number of rotatable bonds is 4. The molecule has 0 saturated heterocycles. The Hall–Kier alpha value is -3.82. The standard InChI is InChI=1S/C23H17F4N3O3/c1-22-19(15-11-14(3-5-18(15)33-22)32-13-6-8-28-9-7-13)20(22)30-21(31)29-12-2-4-17(24)16(10-12)23(25,26)27/h2-11,19-20H,1H3,(H2,29,30,31)/t19-,20-,22?/m0/s1. The van der Waals surface area contributed by atoms with Crippen LogP contribution in [0.2, 0.25) is 0 Å². The summed E-state index contributed by atoms with van der Waals surface area (Å²) in [5, 5.41) is 5.05. The Balaban J connectivity index is 1.28. The van der Waals surface area contributed by atoms with Gasteiger partial charge in [0.2, 0.25) is 0 Å². The zero-order valence-electron chi connectivity index (χ0n) is 17.1. The molecule has 1 aromatic heterocycles. The lowest BCUT2D eigenvalue weighted by molar-refractivity contribution is -0.139. The molecule has 10 heteroatoms. The van der Waals surface area contributed by atoms with Gasteiger partial charge in [0.1, 0.15) is 28.7 Å². The number of carbonyl (C=O) groups excluding carboxylic acids is 1. The third-order valence-electron chi connectivity index (χ3n) is 5.81. The summed E-state index contributed by atoms with van der Waals surface area (Å²) in [6, 6.07) is 10.0. The van der Waals surface area contributed by atoms with Crippen molar-refractivity contribution in [3.63, 3.8) is 0 Å². The SMILES string of the molecule is CC12Oc3ccc(Oc4ccncc4)cc3[C@H]1[C@@H]2NC(=O)Nc1ccc(F)c(C(F)(F)F)c1. The summed E-state index contributed by atoms with van der Waals surface area (Å²) in [6.07, 6.45) is -1.64. The molecule has 170 valence electrons. The van der Waals surface area contributed by atoms with Gasteiger partial charge in [-0.25, -0.2) is 9.18 Å². The maximum absolute atomic E-state index is 13.5. The first-order valence-electron chi connectivity index (χ1n) is 10.0. The highest BCUT2D eigenvalue weighted by Gasteiger charge is 2.70. The van der Waals surface area contributed by atoms with Gasteiger partial charge >= 0.3 is 12.2 Å². The molecular weight excluding hydrogens is 442 g/mol. The van der Waals surface area contributed by atoms with E-state index < -0.39 is 35.2 Å². The Morgan fingerprint density at radius 3 is 2.58 bits per heavy atom. The molecule has 1 unspecified atom stereocenters. The van der Waals surface area contributed by atoms with Crippen LogP contribution in [0.25, 0.3) is 0 Å². The van der Waals surface area contributed by atoms with Crippen LogP contribution in [-0.2, 0) is 6.18 Å². The van der Waals surface area contributed by atoms with Crippen molar-refractivity contribution in [1.29, 1.82) is 0 Å². The fraction of sp³-hybridized carbons (Fsp3) is 0.217. The van der Waals surface area contributed by atoms with Crippen molar-refractivity contribution in [3.05, 3.63) is 77.9 Å². The van der Waals surface area contributed by atoms with Gasteiger partial charge in [-0.2, -0.15) is 13.2 Å². The van der Waals surface area contributed by atoms with E-state index in [2.05, 4.69) is 15.6 Å². The van der Waals surface area contributed by atoms with Gasteiger partial charge in [-0.15, -0.1) is 0 Å². The summed E-state index contributed by atoms with van der Waals surface area (Å²) in [5.41, 5.74) is -1.45. The molecule has 0 bridgehead atoms. The number of amides is 2. The molecule has 33 heavy (non-hydrogen) atoms. The van der Waals surface area contributed by atoms with Crippen LogP contribution in [0, 0.1) is 5.82 Å². The van der Waals surface area contributed by atoms with E-state index in [1.807, 2.05) is 13.0 Å². The number of hydrogen-bond acceptors (Lipinski definition) is 4. The topological polar surface area (TPSA) is 72.5 Å². The van der Waals surface area contributed by atoms with E-state index in [0.717, 1.165) is 11.6 Å². The van der Waals surface area contributed by atoms with Crippen LogP contribution in [0.1, 0.15) is 24.0 Å². The number of aromatic nitrogens is 1. The number of ether oxygens (including phenoxy) is 2. The number of benzene rings is 2. The third kappa shape index (κ3) is 3.81. The van der Waals surface area contributed by atoms with Crippen molar-refractivity contribution in [3.8, 4) is 17.2 Å². The summed E-state index contributed by atoms with van der Waals surface area (Å²) in [4.78, 5) is 16.4. The molecule has 5 rings (SSSR count). The average Bonchev–Trinajstić information content (AvgIpc) is 3.18. The second kappa shape index (κ2) is 7.36. The lowest BCUT2D eigenvalue weighted by atomic mass is 10.1. The lowest BCUT2D eigenvalue weighted by Crippen LogP contribution is -2.37. The van der Waals surface area contributed by atoms with Crippen molar-refractivity contribution in [1.82, 2.24) is 10.3 Å². The van der Waals surface area contributed by atoms with E-state index in [-0.39, 0.29) is 11.6 Å². The van der Waals surface area contributed by atoms with Gasteiger partial charge in [0.15, 0.2) is 0 Å². The molecule has 2 aliphatic rings. The van der Waals surface area contributed by atoms with Crippen LogP contribution in [0.5, 0.6) is 17.2 Å². The Labute approximate surface area is 185 Å². The quantitative estimate of drug-likeness (QED) is 0.508. The molecular formula is C23H17F4N3O3. The van der Waals surface area contributed by atoms with Crippen molar-refractivity contribution < 1.29 is 31.8 Å². The number of halogens is 4. The largest absolute Gasteiger partial charge is 0.484 e. The molecule has 1 aliphatic carbocycles. The number of urea groups is 1. The molecule has 2 N–H and O–H groups in total. The first kappa shape index (κ1) is 21.0. The summed E-state index contributed by atoms with van der Waals surface area (Å²) < 4.78 is 64.0. The summed E-state index contributed by atoms with van der Waals surface area (Å²) in [7, 11) is 0. The summed E-state index contributed by atoms with van der Waals surface area (Å²) in [5.74, 6) is 0.324. The molecule has 0 spiro atoms. The van der Waals surface area contributed by atoms with Gasteiger partial charge in [-0.1, -0.05) is 0 Å². The van der Waals surface area contributed by atoms with E-state index >= 15 is 0 Å². The normalized spacial score (nSPS) is 22.6. The third-order valence-corrected chi connectivity index (χ3v) is 5.81. The number of hydrogen-bond donors (Lipinski definition) is 2. The summed E-state index contributed by atoms with van der Waals surface area (Å²) in [6.45, 7) is 1.84. The first-order valence-corrected chi connectivity index (χ1v) is 10.0. The number of anilines is 1. The van der Waals surface area contributed by atoms with E-state index in [1.54, 1.807) is 36.7 Å². The highest BCUT2D eigenvalue weighted by Crippen LogP contribution is 2.62. The Morgan fingerprint density at radius 2 is 1.85 bits per heavy atom. The Bertz CT molecular complexity index is 1240. The number of nitrogens with one attached hydrogen (secondary N) is 2. The number of fused-ring (bicyclic) bond motifs is 3. The minimum absolute atomic E-state index is 0.154. The smallest absolute Gasteiger partial charge is 0.419 e. The summed E-state index contributed by atoms with van der Waals surface area (Å²) >= 11 is 0. The minimum atomic E-state index is -4.87. The van der Waals surface area contributed by atoms with Crippen molar-refractivity contribution in [2.45, 2.75) is 30.7 Å². The average molecular weight is 459 g/mol. The van der Waals surface area contributed by atoms with E-state index in [0.29, 0.717) is 29.4 Å². The predicted molar refractivity (Wildman–Crippen MR) is 110 cm³/mol. The maximum Gasteiger partial charge on any atom is 0.419 e. The predicted octanol–water partition coefficient (Wildman–Crippen LogP) is 5.47. The minimum Gasteiger partial charge on any atom is -0.484 e.